The van der Waals surface area contributed by atoms with Crippen molar-refractivity contribution in [3.8, 4) is 0 Å². The van der Waals surface area contributed by atoms with Crippen LogP contribution in [0.4, 0.5) is 4.79 Å². The first kappa shape index (κ1) is 16.9. The first-order chi connectivity index (χ1) is 8.70. The van der Waals surface area contributed by atoms with Crippen LogP contribution in [0, 0.1) is 0 Å². The number of nitrogens with one attached hydrogen (secondary N) is 3. The summed E-state index contributed by atoms with van der Waals surface area (Å²) < 4.78 is 0. The van der Waals surface area contributed by atoms with Crippen molar-refractivity contribution in [1.29, 1.82) is 0 Å². The van der Waals surface area contributed by atoms with E-state index < -0.39 is 6.03 Å². The molecule has 0 aliphatic carbocycles. The van der Waals surface area contributed by atoms with Crippen molar-refractivity contribution >= 4 is 11.9 Å². The van der Waals surface area contributed by atoms with Gasteiger partial charge in [-0.05, 0) is 19.4 Å². The van der Waals surface area contributed by atoms with Gasteiger partial charge in [0.2, 0.25) is 5.91 Å². The molecule has 0 unspecified atom stereocenters. The summed E-state index contributed by atoms with van der Waals surface area (Å²) in [6, 6.07) is -0.397. The summed E-state index contributed by atoms with van der Waals surface area (Å²) in [6.45, 7) is 5.88. The molecule has 5 heteroatoms. The molecule has 0 radical (unpaired) electrons. The van der Waals surface area contributed by atoms with Gasteiger partial charge < -0.3 is 10.6 Å². The van der Waals surface area contributed by atoms with E-state index in [4.69, 9.17) is 0 Å². The second kappa shape index (κ2) is 12.4. The minimum absolute atomic E-state index is 0.200. The summed E-state index contributed by atoms with van der Waals surface area (Å²) in [7, 11) is 0. The molecule has 0 spiro atoms. The van der Waals surface area contributed by atoms with Gasteiger partial charge in [0.25, 0.3) is 0 Å². The maximum Gasteiger partial charge on any atom is 0.321 e. The fraction of sp³-hybridized carbons (Fsp3) is 0.846. The highest BCUT2D eigenvalue weighted by atomic mass is 16.2. The van der Waals surface area contributed by atoms with Gasteiger partial charge in [-0.25, -0.2) is 4.79 Å². The lowest BCUT2D eigenvalue weighted by Gasteiger charge is -2.07. The second-order valence-corrected chi connectivity index (χ2v) is 4.40. The molecule has 0 saturated heterocycles. The Bertz CT molecular complexity index is 232. The Morgan fingerprint density at radius 1 is 0.889 bits per heavy atom. The van der Waals surface area contributed by atoms with Gasteiger partial charge >= 0.3 is 6.03 Å². The van der Waals surface area contributed by atoms with Gasteiger partial charge in [-0.3, -0.25) is 10.1 Å². The average Bonchev–Trinajstić information content (AvgIpc) is 2.34. The van der Waals surface area contributed by atoms with Crippen LogP contribution in [-0.2, 0) is 4.79 Å². The molecule has 0 heterocycles. The van der Waals surface area contributed by atoms with E-state index in [2.05, 4.69) is 29.8 Å². The maximum absolute atomic E-state index is 11.3. The van der Waals surface area contributed by atoms with E-state index in [1.807, 2.05) is 0 Å². The van der Waals surface area contributed by atoms with Gasteiger partial charge in [-0.1, -0.05) is 39.5 Å². The van der Waals surface area contributed by atoms with E-state index in [1.165, 1.54) is 0 Å². The highest BCUT2D eigenvalue weighted by Crippen LogP contribution is 1.91. The van der Waals surface area contributed by atoms with Gasteiger partial charge in [0.05, 0.1) is 6.54 Å². The predicted octanol–water partition coefficient (Wildman–Crippen LogP) is 1.78. The van der Waals surface area contributed by atoms with E-state index in [1.54, 1.807) is 0 Å². The monoisotopic (exact) mass is 257 g/mol. The summed E-state index contributed by atoms with van der Waals surface area (Å²) in [4.78, 5) is 22.6. The summed E-state index contributed by atoms with van der Waals surface area (Å²) in [5, 5.41) is 7.97. The number of rotatable bonds is 10. The minimum Gasteiger partial charge on any atom is -0.338 e. The first-order valence-corrected chi connectivity index (χ1v) is 6.99. The van der Waals surface area contributed by atoms with Crippen LogP contribution >= 0.6 is 0 Å². The normalized spacial score (nSPS) is 10.1. The number of amides is 3. The van der Waals surface area contributed by atoms with Crippen molar-refractivity contribution in [2.24, 2.45) is 0 Å². The Morgan fingerprint density at radius 2 is 1.50 bits per heavy atom. The number of unbranched alkanes of at least 4 members (excludes halogenated alkanes) is 4. The van der Waals surface area contributed by atoms with Crippen molar-refractivity contribution < 1.29 is 9.59 Å². The zero-order valence-corrected chi connectivity index (χ0v) is 11.7. The van der Waals surface area contributed by atoms with E-state index in [9.17, 15) is 9.59 Å². The van der Waals surface area contributed by atoms with Gasteiger partial charge in [-0.15, -0.1) is 0 Å². The third-order valence-electron chi connectivity index (χ3n) is 2.56. The van der Waals surface area contributed by atoms with Crippen LogP contribution in [-0.4, -0.2) is 31.6 Å². The molecule has 0 aromatic rings. The Labute approximate surface area is 110 Å². The molecular formula is C13H27N3O2. The van der Waals surface area contributed by atoms with Crippen molar-refractivity contribution in [3.63, 3.8) is 0 Å². The fourth-order valence-electron chi connectivity index (χ4n) is 1.49. The quantitative estimate of drug-likeness (QED) is 0.522. The summed E-state index contributed by atoms with van der Waals surface area (Å²) in [5.41, 5.74) is 0. The lowest BCUT2D eigenvalue weighted by Crippen LogP contribution is -2.43. The zero-order chi connectivity index (χ0) is 13.6. The van der Waals surface area contributed by atoms with Gasteiger partial charge in [0.1, 0.15) is 0 Å². The summed E-state index contributed by atoms with van der Waals surface area (Å²) in [6.07, 6.45) is 6.54. The van der Waals surface area contributed by atoms with Crippen LogP contribution < -0.4 is 16.0 Å². The molecule has 3 N–H and O–H groups in total. The number of hydrogen-bond acceptors (Lipinski definition) is 3. The Balaban J connectivity index is 3.41. The molecule has 0 rings (SSSR count). The van der Waals surface area contributed by atoms with Crippen molar-refractivity contribution in [2.45, 2.75) is 52.4 Å². The molecule has 18 heavy (non-hydrogen) atoms. The third-order valence-corrected chi connectivity index (χ3v) is 2.56. The van der Waals surface area contributed by atoms with Gasteiger partial charge in [-0.2, -0.15) is 0 Å². The Hall–Kier alpha value is -1.10. The van der Waals surface area contributed by atoms with Crippen LogP contribution in [0.25, 0.3) is 0 Å². The molecule has 0 aromatic carbocycles. The Morgan fingerprint density at radius 3 is 2.11 bits per heavy atom. The minimum atomic E-state index is -0.397. The Kier molecular flexibility index (Phi) is 11.6. The van der Waals surface area contributed by atoms with E-state index in [-0.39, 0.29) is 12.5 Å². The molecule has 5 nitrogen and oxygen atoms in total. The molecule has 3 amide bonds. The molecule has 0 fully saturated rings. The van der Waals surface area contributed by atoms with Crippen LogP contribution in [0.1, 0.15) is 52.4 Å². The maximum atomic E-state index is 11.3. The van der Waals surface area contributed by atoms with E-state index in [0.29, 0.717) is 6.54 Å². The second-order valence-electron chi connectivity index (χ2n) is 4.40. The summed E-state index contributed by atoms with van der Waals surface area (Å²) in [5.74, 6) is -0.278. The lowest BCUT2D eigenvalue weighted by molar-refractivity contribution is -0.119. The lowest BCUT2D eigenvalue weighted by atomic mass is 10.2. The SMILES string of the molecule is CCCCCNCC(=O)NC(=O)NCCCCC. The fourth-order valence-corrected chi connectivity index (χ4v) is 1.49. The third kappa shape index (κ3) is 11.4. The topological polar surface area (TPSA) is 70.2 Å². The number of carbonyl (C=O) groups excluding carboxylic acids is 2. The molecule has 0 atom stereocenters. The standard InChI is InChI=1S/C13H27N3O2/c1-3-5-7-9-14-11-12(17)16-13(18)15-10-8-6-4-2/h14H,3-11H2,1-2H3,(H2,15,16,17,18). The van der Waals surface area contributed by atoms with E-state index >= 15 is 0 Å². The average molecular weight is 257 g/mol. The number of hydrogen-bond donors (Lipinski definition) is 3. The van der Waals surface area contributed by atoms with Crippen molar-refractivity contribution in [3.05, 3.63) is 0 Å². The number of imide groups is 1. The van der Waals surface area contributed by atoms with Crippen LogP contribution in [0.3, 0.4) is 0 Å². The van der Waals surface area contributed by atoms with Crippen LogP contribution in [0.5, 0.6) is 0 Å². The van der Waals surface area contributed by atoms with Crippen LogP contribution in [0.2, 0.25) is 0 Å². The summed E-state index contributed by atoms with van der Waals surface area (Å²) >= 11 is 0. The highest BCUT2D eigenvalue weighted by molar-refractivity contribution is 5.95. The first-order valence-electron chi connectivity index (χ1n) is 6.99. The van der Waals surface area contributed by atoms with Gasteiger partial charge in [0.15, 0.2) is 0 Å². The van der Waals surface area contributed by atoms with Gasteiger partial charge in [0, 0.05) is 6.54 Å². The molecule has 106 valence electrons. The zero-order valence-electron chi connectivity index (χ0n) is 11.7. The molecule has 0 saturated carbocycles. The molecule has 0 aliphatic rings. The van der Waals surface area contributed by atoms with Crippen LogP contribution in [0.15, 0.2) is 0 Å². The number of carbonyl (C=O) groups is 2. The molecule has 0 aliphatic heterocycles. The van der Waals surface area contributed by atoms with E-state index in [0.717, 1.165) is 45.1 Å². The molecule has 0 aromatic heterocycles. The number of urea groups is 1. The predicted molar refractivity (Wildman–Crippen MR) is 73.5 cm³/mol. The smallest absolute Gasteiger partial charge is 0.321 e. The van der Waals surface area contributed by atoms with Crippen molar-refractivity contribution in [1.82, 2.24) is 16.0 Å². The van der Waals surface area contributed by atoms with Crippen molar-refractivity contribution in [2.75, 3.05) is 19.6 Å². The molecular weight excluding hydrogens is 230 g/mol. The largest absolute Gasteiger partial charge is 0.338 e. The highest BCUT2D eigenvalue weighted by Gasteiger charge is 2.05. The molecule has 0 bridgehead atoms.